The number of anilines is 1. The number of nitrogens with zero attached hydrogens (tertiary/aromatic N) is 2. The van der Waals surface area contributed by atoms with Gasteiger partial charge in [-0.2, -0.15) is 5.10 Å². The van der Waals surface area contributed by atoms with Crippen molar-refractivity contribution in [2.75, 3.05) is 5.32 Å². The molecule has 0 saturated carbocycles. The van der Waals surface area contributed by atoms with Crippen LogP contribution in [0.1, 0.15) is 20.8 Å². The van der Waals surface area contributed by atoms with Crippen LogP contribution in [0.5, 0.6) is 0 Å². The highest BCUT2D eigenvalue weighted by Gasteiger charge is 2.18. The van der Waals surface area contributed by atoms with E-state index in [2.05, 4.69) is 10.4 Å². The van der Waals surface area contributed by atoms with Crippen molar-refractivity contribution in [2.45, 2.75) is 0 Å². The highest BCUT2D eigenvalue weighted by molar-refractivity contribution is 6.08. The quantitative estimate of drug-likeness (QED) is 0.429. The second-order valence-electron chi connectivity index (χ2n) is 3.96. The van der Waals surface area contributed by atoms with Crippen molar-refractivity contribution in [3.05, 3.63) is 47.5 Å². The van der Waals surface area contributed by atoms with Crippen LogP contribution in [-0.4, -0.2) is 21.6 Å². The van der Waals surface area contributed by atoms with Crippen molar-refractivity contribution >= 4 is 17.5 Å². The zero-order valence-corrected chi connectivity index (χ0v) is 10.6. The molecule has 0 aliphatic rings. The fraction of sp³-hybridized carbons (Fsp3) is 0.0833. The Morgan fingerprint density at radius 1 is 1.25 bits per heavy atom. The molecule has 8 heteroatoms. The van der Waals surface area contributed by atoms with Gasteiger partial charge in [-0.05, 0) is 24.3 Å². The molecule has 7 nitrogen and oxygen atoms in total. The van der Waals surface area contributed by atoms with Gasteiger partial charge in [0, 0.05) is 12.6 Å². The zero-order chi connectivity index (χ0) is 14.7. The number of nitrogens with two attached hydrogens (primary N) is 1. The van der Waals surface area contributed by atoms with Crippen molar-refractivity contribution in [1.29, 1.82) is 0 Å². The van der Waals surface area contributed by atoms with Crippen LogP contribution in [0.3, 0.4) is 0 Å². The largest absolute Gasteiger partial charge is 0.319 e. The lowest BCUT2D eigenvalue weighted by molar-refractivity contribution is 0.0945. The fourth-order valence-electron chi connectivity index (χ4n) is 1.66. The smallest absolute Gasteiger partial charge is 0.285 e. The van der Waals surface area contributed by atoms with Crippen LogP contribution in [0.25, 0.3) is 0 Å². The molecule has 0 aliphatic carbocycles. The van der Waals surface area contributed by atoms with E-state index in [0.29, 0.717) is 0 Å². The molecule has 20 heavy (non-hydrogen) atoms. The Bertz CT molecular complexity index is 650. The summed E-state index contributed by atoms with van der Waals surface area (Å²) in [5.74, 6) is 3.56. The maximum atomic E-state index is 12.8. The normalized spacial score (nSPS) is 10.2. The molecule has 0 atom stereocenters. The molecule has 0 fully saturated rings. The molecule has 1 heterocycles. The molecule has 0 saturated heterocycles. The van der Waals surface area contributed by atoms with Gasteiger partial charge in [0.2, 0.25) is 0 Å². The van der Waals surface area contributed by atoms with Gasteiger partial charge in [0.05, 0.1) is 11.9 Å². The molecule has 2 amide bonds. The molecule has 0 spiro atoms. The minimum Gasteiger partial charge on any atom is -0.319 e. The third-order valence-electron chi connectivity index (χ3n) is 2.64. The van der Waals surface area contributed by atoms with Gasteiger partial charge < -0.3 is 5.32 Å². The number of carbonyl (C=O) groups is 2. The Balaban J connectivity index is 2.24. The summed E-state index contributed by atoms with van der Waals surface area (Å²) in [6, 6.07) is 5.02. The van der Waals surface area contributed by atoms with Crippen LogP contribution in [0.2, 0.25) is 0 Å². The van der Waals surface area contributed by atoms with Gasteiger partial charge in [0.1, 0.15) is 5.82 Å². The van der Waals surface area contributed by atoms with Crippen molar-refractivity contribution in [1.82, 2.24) is 15.2 Å². The Labute approximate surface area is 113 Å². The number of nitrogen functional groups attached to an aromatic ring is 1. The first kappa shape index (κ1) is 13.7. The first-order chi connectivity index (χ1) is 9.52. The molecular weight excluding hydrogens is 265 g/mol. The molecular formula is C12H12FN5O2. The number of aryl methyl sites for hydroxylation is 1. The van der Waals surface area contributed by atoms with Crippen molar-refractivity contribution < 1.29 is 14.0 Å². The minimum absolute atomic E-state index is 0.114. The second kappa shape index (κ2) is 5.49. The summed E-state index contributed by atoms with van der Waals surface area (Å²) >= 11 is 0. The van der Waals surface area contributed by atoms with Gasteiger partial charge in [-0.1, -0.05) is 0 Å². The topological polar surface area (TPSA) is 102 Å². The van der Waals surface area contributed by atoms with Gasteiger partial charge in [-0.3, -0.25) is 19.7 Å². The highest BCUT2D eigenvalue weighted by Crippen LogP contribution is 2.15. The first-order valence-corrected chi connectivity index (χ1v) is 5.62. The predicted molar refractivity (Wildman–Crippen MR) is 69.2 cm³/mol. The van der Waals surface area contributed by atoms with E-state index in [1.54, 1.807) is 0 Å². The van der Waals surface area contributed by atoms with Crippen molar-refractivity contribution in [3.8, 4) is 0 Å². The van der Waals surface area contributed by atoms with Crippen LogP contribution < -0.4 is 16.6 Å². The Morgan fingerprint density at radius 2 is 1.90 bits per heavy atom. The zero-order valence-electron chi connectivity index (χ0n) is 10.6. The third kappa shape index (κ3) is 2.64. The number of hydrogen-bond acceptors (Lipinski definition) is 4. The molecule has 2 rings (SSSR count). The summed E-state index contributed by atoms with van der Waals surface area (Å²) < 4.78 is 14.1. The molecule has 1 aromatic heterocycles. The summed E-state index contributed by atoms with van der Waals surface area (Å²) in [7, 11) is 1.54. The standard InChI is InChI=1S/C12H12FN5O2/c1-18-10(12(20)17-14)9(6-15-18)16-11(19)7-2-4-8(13)5-3-7/h2-6H,14H2,1H3,(H,16,19)(H,17,20). The van der Waals surface area contributed by atoms with Gasteiger partial charge in [-0.15, -0.1) is 0 Å². The highest BCUT2D eigenvalue weighted by atomic mass is 19.1. The van der Waals surface area contributed by atoms with E-state index in [4.69, 9.17) is 5.84 Å². The number of hydrogen-bond donors (Lipinski definition) is 3. The van der Waals surface area contributed by atoms with Gasteiger partial charge in [0.25, 0.3) is 11.8 Å². The van der Waals surface area contributed by atoms with E-state index < -0.39 is 17.6 Å². The minimum atomic E-state index is -0.584. The first-order valence-electron chi connectivity index (χ1n) is 5.62. The number of amides is 2. The molecule has 2 aromatic rings. The SMILES string of the molecule is Cn1ncc(NC(=O)c2ccc(F)cc2)c1C(=O)NN. The number of halogens is 1. The van der Waals surface area contributed by atoms with E-state index >= 15 is 0 Å². The summed E-state index contributed by atoms with van der Waals surface area (Å²) in [6.45, 7) is 0. The van der Waals surface area contributed by atoms with Crippen LogP contribution in [0.15, 0.2) is 30.5 Å². The van der Waals surface area contributed by atoms with E-state index in [1.165, 1.54) is 42.2 Å². The second-order valence-corrected chi connectivity index (χ2v) is 3.96. The summed E-state index contributed by atoms with van der Waals surface area (Å²) in [5.41, 5.74) is 2.55. The number of benzene rings is 1. The molecule has 0 unspecified atom stereocenters. The Morgan fingerprint density at radius 3 is 2.50 bits per heavy atom. The number of nitrogens with one attached hydrogen (secondary N) is 2. The van der Waals surface area contributed by atoms with Gasteiger partial charge in [-0.25, -0.2) is 10.2 Å². The van der Waals surface area contributed by atoms with Crippen molar-refractivity contribution in [2.24, 2.45) is 12.9 Å². The number of hydrazine groups is 1. The van der Waals surface area contributed by atoms with E-state index in [1.807, 2.05) is 5.43 Å². The summed E-state index contributed by atoms with van der Waals surface area (Å²) in [5, 5.41) is 6.39. The summed E-state index contributed by atoms with van der Waals surface area (Å²) in [4.78, 5) is 23.5. The number of rotatable bonds is 3. The van der Waals surface area contributed by atoms with E-state index in [-0.39, 0.29) is 16.9 Å². The van der Waals surface area contributed by atoms with Crippen LogP contribution >= 0.6 is 0 Å². The lowest BCUT2D eigenvalue weighted by Crippen LogP contribution is -2.32. The lowest BCUT2D eigenvalue weighted by Gasteiger charge is -2.06. The molecule has 0 radical (unpaired) electrons. The number of aromatic nitrogens is 2. The monoisotopic (exact) mass is 277 g/mol. The maximum Gasteiger partial charge on any atom is 0.285 e. The van der Waals surface area contributed by atoms with Crippen LogP contribution in [0.4, 0.5) is 10.1 Å². The molecule has 1 aromatic carbocycles. The fourth-order valence-corrected chi connectivity index (χ4v) is 1.66. The maximum absolute atomic E-state index is 12.8. The number of carbonyl (C=O) groups excluding carboxylic acids is 2. The Kier molecular flexibility index (Phi) is 3.76. The van der Waals surface area contributed by atoms with E-state index in [9.17, 15) is 14.0 Å². The average Bonchev–Trinajstić information content (AvgIpc) is 2.79. The van der Waals surface area contributed by atoms with Crippen LogP contribution in [0, 0.1) is 5.82 Å². The molecule has 104 valence electrons. The molecule has 4 N–H and O–H groups in total. The van der Waals surface area contributed by atoms with Gasteiger partial charge in [0.15, 0.2) is 5.69 Å². The van der Waals surface area contributed by atoms with E-state index in [0.717, 1.165) is 0 Å². The average molecular weight is 277 g/mol. The van der Waals surface area contributed by atoms with Crippen molar-refractivity contribution in [3.63, 3.8) is 0 Å². The van der Waals surface area contributed by atoms with Gasteiger partial charge >= 0.3 is 0 Å². The molecule has 0 bridgehead atoms. The lowest BCUT2D eigenvalue weighted by atomic mass is 10.2. The summed E-state index contributed by atoms with van der Waals surface area (Å²) in [6.07, 6.45) is 1.33. The molecule has 0 aliphatic heterocycles. The Hall–Kier alpha value is -2.74. The van der Waals surface area contributed by atoms with Crippen LogP contribution in [-0.2, 0) is 7.05 Å². The predicted octanol–water partition coefficient (Wildman–Crippen LogP) is 0.415. The third-order valence-corrected chi connectivity index (χ3v) is 2.64.